The molecular formula is C74H40N2O6. The van der Waals surface area contributed by atoms with Crippen molar-refractivity contribution in [1.29, 1.82) is 0 Å². The summed E-state index contributed by atoms with van der Waals surface area (Å²) in [4.78, 5) is 4.64. The van der Waals surface area contributed by atoms with Gasteiger partial charge in [0.25, 0.3) is 0 Å². The van der Waals surface area contributed by atoms with Crippen LogP contribution in [-0.2, 0) is 0 Å². The zero-order valence-corrected chi connectivity index (χ0v) is 43.4. The molecule has 8 heteroatoms. The van der Waals surface area contributed by atoms with Crippen molar-refractivity contribution < 1.29 is 26.5 Å². The molecule has 0 aliphatic rings. The first kappa shape index (κ1) is 43.7. The molecular weight excluding hydrogens is 1010 g/mol. The average Bonchev–Trinajstić information content (AvgIpc) is 4.10. The van der Waals surface area contributed by atoms with Gasteiger partial charge < -0.3 is 36.3 Å². The van der Waals surface area contributed by atoms with Crippen LogP contribution in [0, 0.1) is 0 Å². The summed E-state index contributed by atoms with van der Waals surface area (Å²) in [6.07, 6.45) is 0. The molecule has 0 unspecified atom stereocenters. The van der Waals surface area contributed by atoms with E-state index in [0.717, 1.165) is 187 Å². The molecule has 6 aromatic heterocycles. The Morgan fingerprint density at radius 1 is 0.183 bits per heavy atom. The smallest absolute Gasteiger partial charge is 0.143 e. The van der Waals surface area contributed by atoms with Crippen LogP contribution in [0.1, 0.15) is 0 Å². The Kier molecular flexibility index (Phi) is 8.63. The van der Waals surface area contributed by atoms with Gasteiger partial charge in [-0.1, -0.05) is 84.9 Å². The molecule has 0 fully saturated rings. The molecule has 0 aliphatic carbocycles. The molecule has 0 amide bonds. The third kappa shape index (κ3) is 6.20. The monoisotopic (exact) mass is 1050 g/mol. The van der Waals surface area contributed by atoms with Gasteiger partial charge in [-0.2, -0.15) is 0 Å². The van der Waals surface area contributed by atoms with Gasteiger partial charge in [0.15, 0.2) is 0 Å². The number of para-hydroxylation sites is 4. The van der Waals surface area contributed by atoms with Crippen LogP contribution in [0.4, 0.5) is 34.1 Å². The molecule has 82 heavy (non-hydrogen) atoms. The van der Waals surface area contributed by atoms with Crippen molar-refractivity contribution >= 4 is 187 Å². The fourth-order valence-corrected chi connectivity index (χ4v) is 13.3. The maximum absolute atomic E-state index is 6.93. The van der Waals surface area contributed by atoms with Crippen molar-refractivity contribution in [3.8, 4) is 0 Å². The molecule has 0 aliphatic heterocycles. The lowest BCUT2D eigenvalue weighted by atomic mass is 10.00. The molecule has 0 saturated carbocycles. The molecule has 0 atom stereocenters. The van der Waals surface area contributed by atoms with Gasteiger partial charge in [0.2, 0.25) is 0 Å². The lowest BCUT2D eigenvalue weighted by Gasteiger charge is -2.26. The summed E-state index contributed by atoms with van der Waals surface area (Å²) in [6.45, 7) is 0. The average molecular weight is 1050 g/mol. The van der Waals surface area contributed by atoms with Crippen LogP contribution in [0.25, 0.3) is 153 Å². The van der Waals surface area contributed by atoms with Crippen molar-refractivity contribution in [2.24, 2.45) is 0 Å². The lowest BCUT2D eigenvalue weighted by molar-refractivity contribution is 0.666. The van der Waals surface area contributed by atoms with Gasteiger partial charge in [0.05, 0.1) is 0 Å². The topological polar surface area (TPSA) is 85.3 Å². The highest BCUT2D eigenvalue weighted by Crippen LogP contribution is 2.48. The number of fused-ring (bicyclic) bond motifs is 23. The second-order valence-corrected chi connectivity index (χ2v) is 21.5. The molecule has 19 aromatic rings. The minimum atomic E-state index is 0.806. The van der Waals surface area contributed by atoms with Crippen LogP contribution < -0.4 is 9.80 Å². The van der Waals surface area contributed by atoms with Crippen LogP contribution in [-0.4, -0.2) is 0 Å². The number of hydrogen-bond acceptors (Lipinski definition) is 8. The van der Waals surface area contributed by atoms with Crippen molar-refractivity contribution in [3.05, 3.63) is 243 Å². The fourth-order valence-electron chi connectivity index (χ4n) is 13.3. The Balaban J connectivity index is 0.749. The van der Waals surface area contributed by atoms with Crippen molar-refractivity contribution in [2.75, 3.05) is 9.80 Å². The Morgan fingerprint density at radius 3 is 0.793 bits per heavy atom. The molecule has 0 saturated heterocycles. The Bertz CT molecular complexity index is 5350. The van der Waals surface area contributed by atoms with E-state index < -0.39 is 0 Å². The summed E-state index contributed by atoms with van der Waals surface area (Å²) in [5, 5.41) is 16.8. The molecule has 13 aromatic carbocycles. The van der Waals surface area contributed by atoms with Gasteiger partial charge in [-0.25, -0.2) is 0 Å². The normalized spacial score (nSPS) is 12.4. The molecule has 19 rings (SSSR count). The standard InChI is InChI=1S/C74H40N2O6/c1-5-13-61-51(9-1)57-37-45(21-29-65(57)77-61)75(46-22-30-66-58(38-46)52-10-2-6-14-62(52)78-66)43-19-27-49-41(35-43)17-25-55-71-69(81-73(49)55)33-34-70-72(71)56-26-18-42-36-44(20-28-50(42)74(56)82-70)76(47-23-31-67-59(39-47)53-11-3-7-15-63(53)79-67)48-24-32-68-60(40-48)54-12-4-8-16-64(54)80-68/h1-40H. The largest absolute Gasteiger partial charge is 0.456 e. The van der Waals surface area contributed by atoms with Gasteiger partial charge >= 0.3 is 0 Å². The summed E-state index contributed by atoms with van der Waals surface area (Å²) in [5.41, 5.74) is 16.2. The summed E-state index contributed by atoms with van der Waals surface area (Å²) in [6, 6.07) is 85.0. The van der Waals surface area contributed by atoms with Gasteiger partial charge in [0.1, 0.15) is 67.0 Å². The number of nitrogens with zero attached hydrogens (tertiary/aromatic N) is 2. The van der Waals surface area contributed by atoms with E-state index in [1.54, 1.807) is 0 Å². The summed E-state index contributed by atoms with van der Waals surface area (Å²) >= 11 is 0. The number of benzene rings is 13. The van der Waals surface area contributed by atoms with Crippen molar-refractivity contribution in [2.45, 2.75) is 0 Å². The van der Waals surface area contributed by atoms with Crippen LogP contribution in [0.2, 0.25) is 0 Å². The van der Waals surface area contributed by atoms with E-state index in [2.05, 4.69) is 192 Å². The van der Waals surface area contributed by atoms with E-state index in [4.69, 9.17) is 26.5 Å². The van der Waals surface area contributed by atoms with Gasteiger partial charge in [-0.3, -0.25) is 0 Å². The second kappa shape index (κ2) is 16.2. The Hall–Kier alpha value is -11.2. The molecule has 0 spiro atoms. The predicted octanol–water partition coefficient (Wildman–Crippen LogP) is 22.3. The van der Waals surface area contributed by atoms with E-state index in [9.17, 15) is 0 Å². The first-order valence-electron chi connectivity index (χ1n) is 27.5. The second-order valence-electron chi connectivity index (χ2n) is 21.5. The lowest BCUT2D eigenvalue weighted by Crippen LogP contribution is -2.09. The molecule has 382 valence electrons. The van der Waals surface area contributed by atoms with Crippen molar-refractivity contribution in [1.82, 2.24) is 0 Å². The van der Waals surface area contributed by atoms with Crippen LogP contribution >= 0.6 is 0 Å². The molecule has 0 radical (unpaired) electrons. The highest BCUT2D eigenvalue weighted by Gasteiger charge is 2.24. The third-order valence-corrected chi connectivity index (χ3v) is 17.0. The third-order valence-electron chi connectivity index (χ3n) is 17.0. The Labute approximate surface area is 463 Å². The van der Waals surface area contributed by atoms with E-state index in [-0.39, 0.29) is 0 Å². The highest BCUT2D eigenvalue weighted by atomic mass is 16.4. The fraction of sp³-hybridized carbons (Fsp3) is 0. The Morgan fingerprint density at radius 2 is 0.451 bits per heavy atom. The minimum Gasteiger partial charge on any atom is -0.456 e. The predicted molar refractivity (Wildman–Crippen MR) is 334 cm³/mol. The maximum Gasteiger partial charge on any atom is 0.143 e. The van der Waals surface area contributed by atoms with Crippen molar-refractivity contribution in [3.63, 3.8) is 0 Å². The quantitative estimate of drug-likeness (QED) is 0.163. The number of anilines is 6. The highest BCUT2D eigenvalue weighted by molar-refractivity contribution is 6.30. The van der Waals surface area contributed by atoms with Gasteiger partial charge in [-0.15, -0.1) is 0 Å². The zero-order chi connectivity index (χ0) is 53.3. The van der Waals surface area contributed by atoms with E-state index in [0.29, 0.717) is 0 Å². The zero-order valence-electron chi connectivity index (χ0n) is 43.4. The van der Waals surface area contributed by atoms with Gasteiger partial charge in [0, 0.05) is 110 Å². The first-order valence-corrected chi connectivity index (χ1v) is 27.5. The first-order chi connectivity index (χ1) is 40.6. The number of hydrogen-bond donors (Lipinski definition) is 0. The molecule has 0 bridgehead atoms. The van der Waals surface area contributed by atoms with E-state index in [1.807, 2.05) is 60.7 Å². The summed E-state index contributed by atoms with van der Waals surface area (Å²) < 4.78 is 39.1. The van der Waals surface area contributed by atoms with Crippen LogP contribution in [0.5, 0.6) is 0 Å². The van der Waals surface area contributed by atoms with E-state index >= 15 is 0 Å². The molecule has 0 N–H and O–H groups in total. The molecule has 6 heterocycles. The molecule has 8 nitrogen and oxygen atoms in total. The SMILES string of the molecule is c1ccc2c(c1)oc1ccc(N(c3ccc4c(ccc5c4oc4ccc6oc7c8ccc(N(c9ccc%10oc%11ccccc%11c%10c9)c9ccc%10oc%11ccccc%11c%10c9)cc8ccc7c6c45)c3)c3ccc4oc5ccccc5c4c3)cc12. The van der Waals surface area contributed by atoms with Gasteiger partial charge in [-0.05, 0) is 168 Å². The minimum absolute atomic E-state index is 0.806. The van der Waals surface area contributed by atoms with E-state index in [1.165, 1.54) is 0 Å². The van der Waals surface area contributed by atoms with Crippen LogP contribution in [0.3, 0.4) is 0 Å². The van der Waals surface area contributed by atoms with Crippen LogP contribution in [0.15, 0.2) is 269 Å². The summed E-state index contributed by atoms with van der Waals surface area (Å²) in [5.74, 6) is 0. The number of rotatable bonds is 6. The summed E-state index contributed by atoms with van der Waals surface area (Å²) in [7, 11) is 0. The number of furan rings is 6. The maximum atomic E-state index is 6.93.